The molecule has 0 bridgehead atoms. The maximum atomic E-state index is 5.88. The maximum absolute atomic E-state index is 5.88. The van der Waals surface area contributed by atoms with Gasteiger partial charge in [-0.3, -0.25) is 0 Å². The Morgan fingerprint density at radius 3 is 2.63 bits per heavy atom. The summed E-state index contributed by atoms with van der Waals surface area (Å²) in [7, 11) is 0. The van der Waals surface area contributed by atoms with Crippen molar-refractivity contribution in [1.82, 2.24) is 10.2 Å². The normalized spacial score (nSPS) is 12.0. The first-order valence-corrected chi connectivity index (χ1v) is 9.69. The van der Waals surface area contributed by atoms with Gasteiger partial charge in [-0.1, -0.05) is 61.2 Å². The number of rotatable bonds is 7. The summed E-state index contributed by atoms with van der Waals surface area (Å²) in [5.74, 6) is 1.96. The summed E-state index contributed by atoms with van der Waals surface area (Å²) < 4.78 is 5.63. The molecule has 1 aromatic heterocycles. The monoisotopic (exact) mass is 379 g/mol. The number of benzene rings is 2. The molecular weight excluding hydrogens is 358 g/mol. The molecule has 1 heterocycles. The van der Waals surface area contributed by atoms with Gasteiger partial charge in [0.2, 0.25) is 11.8 Å². The first-order chi connectivity index (χ1) is 13.2. The summed E-state index contributed by atoms with van der Waals surface area (Å²) in [5, 5.41) is 16.6. The van der Waals surface area contributed by atoms with Crippen LogP contribution < -0.4 is 5.73 Å². The smallest absolute Gasteiger partial charge is 0.247 e. The molecule has 0 saturated heterocycles. The first kappa shape index (κ1) is 18.8. The molecule has 0 radical (unpaired) electrons. The van der Waals surface area contributed by atoms with Crippen LogP contribution in [0.1, 0.15) is 30.4 Å². The Hall–Kier alpha value is -2.93. The van der Waals surface area contributed by atoms with Crippen LogP contribution >= 0.6 is 11.8 Å². The van der Waals surface area contributed by atoms with Crippen LogP contribution in [0.25, 0.3) is 11.5 Å². The fourth-order valence-electron chi connectivity index (χ4n) is 2.31. The van der Waals surface area contributed by atoms with E-state index in [9.17, 15) is 0 Å². The van der Waals surface area contributed by atoms with Gasteiger partial charge >= 0.3 is 0 Å². The van der Waals surface area contributed by atoms with Crippen LogP contribution in [0.5, 0.6) is 0 Å². The molecule has 0 saturated carbocycles. The van der Waals surface area contributed by atoms with Crippen LogP contribution in [0.2, 0.25) is 0 Å². The summed E-state index contributed by atoms with van der Waals surface area (Å²) in [6.45, 7) is 2.08. The van der Waals surface area contributed by atoms with E-state index in [2.05, 4.69) is 39.5 Å². The van der Waals surface area contributed by atoms with E-state index in [0.29, 0.717) is 16.9 Å². The summed E-state index contributed by atoms with van der Waals surface area (Å²) in [4.78, 5) is 0. The molecule has 0 unspecified atom stereocenters. The van der Waals surface area contributed by atoms with Gasteiger partial charge in [0.1, 0.15) is 0 Å². The lowest BCUT2D eigenvalue weighted by atomic mass is 10.1. The zero-order valence-corrected chi connectivity index (χ0v) is 15.9. The van der Waals surface area contributed by atoms with Crippen molar-refractivity contribution >= 4 is 23.1 Å². The van der Waals surface area contributed by atoms with Crippen molar-refractivity contribution in [2.24, 2.45) is 15.9 Å². The molecule has 2 N–H and O–H groups in total. The number of nitrogens with two attached hydrogens (primary N) is 1. The Kier molecular flexibility index (Phi) is 6.76. The van der Waals surface area contributed by atoms with E-state index < -0.39 is 0 Å². The standard InChI is InChI=1S/C20H21N5OS/c1-2-6-18-23-24-19(26-18)17-11-9-15(10-12-17)13-22-25-20(21)27-14-16-7-4-3-5-8-16/h3-5,7-13H,2,6,14H2,1H3,(H2,21,25). The van der Waals surface area contributed by atoms with Crippen LogP contribution in [-0.4, -0.2) is 21.6 Å². The average Bonchev–Trinajstić information content (AvgIpc) is 3.17. The Balaban J connectivity index is 1.55. The van der Waals surface area contributed by atoms with Gasteiger partial charge in [0.05, 0.1) is 6.21 Å². The molecule has 138 valence electrons. The summed E-state index contributed by atoms with van der Waals surface area (Å²) in [5.41, 5.74) is 8.87. The lowest BCUT2D eigenvalue weighted by Crippen LogP contribution is -2.05. The van der Waals surface area contributed by atoms with Gasteiger partial charge in [-0.05, 0) is 29.7 Å². The van der Waals surface area contributed by atoms with Crippen molar-refractivity contribution in [3.63, 3.8) is 0 Å². The van der Waals surface area contributed by atoms with E-state index in [1.165, 1.54) is 17.3 Å². The third kappa shape index (κ3) is 5.79. The molecule has 3 rings (SSSR count). The molecule has 7 heteroatoms. The third-order valence-electron chi connectivity index (χ3n) is 3.68. The number of aromatic nitrogens is 2. The fourth-order valence-corrected chi connectivity index (χ4v) is 2.92. The van der Waals surface area contributed by atoms with Crippen molar-refractivity contribution < 1.29 is 4.42 Å². The van der Waals surface area contributed by atoms with Gasteiger partial charge in [-0.15, -0.1) is 15.3 Å². The van der Waals surface area contributed by atoms with Crippen molar-refractivity contribution in [2.75, 3.05) is 0 Å². The summed E-state index contributed by atoms with van der Waals surface area (Å²) >= 11 is 1.46. The molecular formula is C20H21N5OS. The second-order valence-electron chi connectivity index (χ2n) is 5.83. The molecule has 0 aliphatic rings. The van der Waals surface area contributed by atoms with Crippen molar-refractivity contribution in [3.8, 4) is 11.5 Å². The highest BCUT2D eigenvalue weighted by Crippen LogP contribution is 2.18. The average molecular weight is 379 g/mol. The number of nitrogens with zero attached hydrogens (tertiary/aromatic N) is 4. The number of amidine groups is 1. The second kappa shape index (κ2) is 9.68. The van der Waals surface area contributed by atoms with Crippen LogP contribution in [0.3, 0.4) is 0 Å². The molecule has 0 amide bonds. The topological polar surface area (TPSA) is 89.7 Å². The SMILES string of the molecule is CCCc1nnc(-c2ccc(C=NN=C(N)SCc3ccccc3)cc2)o1. The summed E-state index contributed by atoms with van der Waals surface area (Å²) in [6.07, 6.45) is 3.43. The van der Waals surface area contributed by atoms with Crippen molar-refractivity contribution in [2.45, 2.75) is 25.5 Å². The van der Waals surface area contributed by atoms with E-state index in [1.54, 1.807) is 6.21 Å². The van der Waals surface area contributed by atoms with Gasteiger partial charge in [0, 0.05) is 17.7 Å². The van der Waals surface area contributed by atoms with Crippen LogP contribution in [0, 0.1) is 0 Å². The zero-order chi connectivity index (χ0) is 18.9. The van der Waals surface area contributed by atoms with E-state index in [-0.39, 0.29) is 0 Å². The Bertz CT molecular complexity index is 904. The lowest BCUT2D eigenvalue weighted by Gasteiger charge is -1.99. The van der Waals surface area contributed by atoms with Crippen LogP contribution in [0.15, 0.2) is 69.2 Å². The minimum absolute atomic E-state index is 0.432. The highest BCUT2D eigenvalue weighted by molar-refractivity contribution is 8.13. The van der Waals surface area contributed by atoms with Crippen LogP contribution in [-0.2, 0) is 12.2 Å². The zero-order valence-electron chi connectivity index (χ0n) is 15.1. The number of thioether (sulfide) groups is 1. The highest BCUT2D eigenvalue weighted by atomic mass is 32.2. The predicted molar refractivity (Wildman–Crippen MR) is 111 cm³/mol. The third-order valence-corrected chi connectivity index (χ3v) is 4.54. The fraction of sp³-hybridized carbons (Fsp3) is 0.200. The highest BCUT2D eigenvalue weighted by Gasteiger charge is 2.07. The Morgan fingerprint density at radius 1 is 1.11 bits per heavy atom. The Labute approximate surface area is 162 Å². The number of aryl methyl sites for hydroxylation is 1. The first-order valence-electron chi connectivity index (χ1n) is 8.70. The van der Waals surface area contributed by atoms with Crippen molar-refractivity contribution in [3.05, 3.63) is 71.6 Å². The van der Waals surface area contributed by atoms with Gasteiger partial charge < -0.3 is 10.2 Å². The van der Waals surface area contributed by atoms with E-state index in [1.807, 2.05) is 42.5 Å². The second-order valence-corrected chi connectivity index (χ2v) is 6.83. The molecule has 0 aliphatic heterocycles. The predicted octanol–water partition coefficient (Wildman–Crippen LogP) is 4.27. The van der Waals surface area contributed by atoms with E-state index in [0.717, 1.165) is 29.7 Å². The molecule has 0 aliphatic carbocycles. The molecule has 27 heavy (non-hydrogen) atoms. The van der Waals surface area contributed by atoms with Gasteiger partial charge in [-0.25, -0.2) is 0 Å². The minimum atomic E-state index is 0.432. The quantitative estimate of drug-likeness (QED) is 0.376. The molecule has 0 atom stereocenters. The molecule has 0 spiro atoms. The number of hydrogen-bond donors (Lipinski definition) is 1. The molecule has 3 aromatic rings. The van der Waals surface area contributed by atoms with Gasteiger partial charge in [0.25, 0.3) is 0 Å². The largest absolute Gasteiger partial charge is 0.421 e. The van der Waals surface area contributed by atoms with E-state index in [4.69, 9.17) is 10.2 Å². The lowest BCUT2D eigenvalue weighted by molar-refractivity contribution is 0.502. The van der Waals surface area contributed by atoms with Crippen molar-refractivity contribution in [1.29, 1.82) is 0 Å². The summed E-state index contributed by atoms with van der Waals surface area (Å²) in [6, 6.07) is 17.8. The van der Waals surface area contributed by atoms with Gasteiger partial charge in [-0.2, -0.15) is 5.10 Å². The Morgan fingerprint density at radius 2 is 1.89 bits per heavy atom. The molecule has 6 nitrogen and oxygen atoms in total. The van der Waals surface area contributed by atoms with Crippen LogP contribution in [0.4, 0.5) is 0 Å². The van der Waals surface area contributed by atoms with E-state index >= 15 is 0 Å². The number of hydrogen-bond acceptors (Lipinski definition) is 6. The maximum Gasteiger partial charge on any atom is 0.247 e. The minimum Gasteiger partial charge on any atom is -0.421 e. The molecule has 2 aromatic carbocycles. The molecule has 0 fully saturated rings. The van der Waals surface area contributed by atoms with Gasteiger partial charge in [0.15, 0.2) is 5.17 Å².